The van der Waals surface area contributed by atoms with Gasteiger partial charge in [-0.15, -0.1) is 0 Å². The largest absolute Gasteiger partial charge is 0.389 e. The fourth-order valence-corrected chi connectivity index (χ4v) is 1.36. The van der Waals surface area contributed by atoms with Crippen LogP contribution in [0.1, 0.15) is 11.0 Å². The number of rotatable bonds is 2. The molecule has 0 aliphatic carbocycles. The predicted octanol–water partition coefficient (Wildman–Crippen LogP) is 0.224. The second-order valence-corrected chi connectivity index (χ2v) is 3.22. The summed E-state index contributed by atoms with van der Waals surface area (Å²) in [6, 6.07) is 8.82. The van der Waals surface area contributed by atoms with E-state index in [4.69, 9.17) is 5.48 Å². The number of benzene rings is 1. The van der Waals surface area contributed by atoms with Crippen molar-refractivity contribution >= 4 is 0 Å². The molecule has 1 heterocycles. The standard InChI is InChI=1S/C11H15NO2/c13-10-7-12(8-11(10)14)6-9-4-2-1-3-5-9/h1-5,10-11,13-14H,6-8H2/t10-,11-/m1/s1/i7D2,8D2. The number of β-amino-alcohol motifs (C(OH)–C–C–N with tert-alkyl or cyclic N) is 2. The van der Waals surface area contributed by atoms with Crippen LogP contribution >= 0.6 is 0 Å². The van der Waals surface area contributed by atoms with Crippen LogP contribution in [0.3, 0.4) is 0 Å². The lowest BCUT2D eigenvalue weighted by molar-refractivity contribution is 0.0572. The Balaban J connectivity index is 2.31. The maximum absolute atomic E-state index is 9.60. The van der Waals surface area contributed by atoms with Crippen LogP contribution in [0.2, 0.25) is 0 Å². The SMILES string of the molecule is [2H]C1([2H])[C@@H](O)[C@H](O)C([2H])([2H])N1Cc1ccccc1. The molecule has 3 heteroatoms. The molecule has 1 aromatic rings. The fourth-order valence-electron chi connectivity index (χ4n) is 1.36. The van der Waals surface area contributed by atoms with E-state index in [9.17, 15) is 10.2 Å². The first kappa shape index (κ1) is 5.85. The summed E-state index contributed by atoms with van der Waals surface area (Å²) in [6.45, 7) is -4.63. The van der Waals surface area contributed by atoms with Gasteiger partial charge in [0.2, 0.25) is 0 Å². The van der Waals surface area contributed by atoms with Gasteiger partial charge in [0, 0.05) is 25.0 Å². The summed E-state index contributed by atoms with van der Waals surface area (Å²) >= 11 is 0. The van der Waals surface area contributed by atoms with Crippen LogP contribution < -0.4 is 0 Å². The Morgan fingerprint density at radius 1 is 1.21 bits per heavy atom. The molecular formula is C11H15NO2. The van der Waals surface area contributed by atoms with Gasteiger partial charge in [0.25, 0.3) is 0 Å². The normalized spacial score (nSPS) is 39.6. The number of aliphatic hydroxyl groups is 2. The van der Waals surface area contributed by atoms with Gasteiger partial charge < -0.3 is 10.2 Å². The summed E-state index contributed by atoms with van der Waals surface area (Å²) in [5.74, 6) is 0. The number of hydrogen-bond donors (Lipinski definition) is 2. The molecule has 76 valence electrons. The first-order valence-electron chi connectivity index (χ1n) is 6.45. The lowest BCUT2D eigenvalue weighted by Gasteiger charge is -2.14. The van der Waals surface area contributed by atoms with Gasteiger partial charge in [-0.2, -0.15) is 0 Å². The van der Waals surface area contributed by atoms with Gasteiger partial charge in [-0.3, -0.25) is 4.90 Å². The lowest BCUT2D eigenvalue weighted by Crippen LogP contribution is -2.22. The number of nitrogens with zero attached hydrogens (tertiary/aromatic N) is 1. The first-order valence-corrected chi connectivity index (χ1v) is 4.45. The topological polar surface area (TPSA) is 43.7 Å². The van der Waals surface area contributed by atoms with Crippen LogP contribution in [-0.2, 0) is 6.54 Å². The van der Waals surface area contributed by atoms with Crippen molar-refractivity contribution in [2.45, 2.75) is 18.8 Å². The van der Waals surface area contributed by atoms with E-state index in [1.54, 1.807) is 30.3 Å². The Bertz CT molecular complexity index is 406. The molecule has 0 spiro atoms. The summed E-state index contributed by atoms with van der Waals surface area (Å²) in [5, 5.41) is 19.2. The van der Waals surface area contributed by atoms with Crippen LogP contribution in [0.25, 0.3) is 0 Å². The van der Waals surface area contributed by atoms with Gasteiger partial charge in [-0.1, -0.05) is 30.3 Å². The van der Waals surface area contributed by atoms with Crippen molar-refractivity contribution in [3.8, 4) is 0 Å². The molecule has 1 aliphatic heterocycles. The minimum Gasteiger partial charge on any atom is -0.389 e. The van der Waals surface area contributed by atoms with Crippen LogP contribution in [-0.4, -0.2) is 40.3 Å². The average Bonchev–Trinajstić information content (AvgIpc) is 2.44. The molecule has 1 aliphatic rings. The second kappa shape index (κ2) is 4.09. The minimum absolute atomic E-state index is 0.0189. The van der Waals surface area contributed by atoms with E-state index in [2.05, 4.69) is 0 Å². The van der Waals surface area contributed by atoms with E-state index < -0.39 is 25.2 Å². The van der Waals surface area contributed by atoms with Crippen molar-refractivity contribution in [1.29, 1.82) is 0 Å². The van der Waals surface area contributed by atoms with Gasteiger partial charge in [-0.05, 0) is 5.56 Å². The van der Waals surface area contributed by atoms with Gasteiger partial charge in [0.05, 0.1) is 12.2 Å². The molecule has 2 N–H and O–H groups in total. The molecule has 1 saturated heterocycles. The highest BCUT2D eigenvalue weighted by Crippen LogP contribution is 2.13. The van der Waals surface area contributed by atoms with Crippen molar-refractivity contribution in [2.24, 2.45) is 0 Å². The molecule has 0 saturated carbocycles. The highest BCUT2D eigenvalue weighted by atomic mass is 16.3. The quantitative estimate of drug-likeness (QED) is 0.713. The average molecular weight is 197 g/mol. The second-order valence-electron chi connectivity index (χ2n) is 3.22. The zero-order valence-electron chi connectivity index (χ0n) is 11.6. The van der Waals surface area contributed by atoms with Crippen LogP contribution in [0.15, 0.2) is 30.3 Å². The van der Waals surface area contributed by atoms with E-state index >= 15 is 0 Å². The molecular weight excluding hydrogens is 178 g/mol. The van der Waals surface area contributed by atoms with Crippen molar-refractivity contribution in [1.82, 2.24) is 4.90 Å². The summed E-state index contributed by atoms with van der Waals surface area (Å²) in [7, 11) is 0. The molecule has 0 radical (unpaired) electrons. The molecule has 0 amide bonds. The third-order valence-electron chi connectivity index (χ3n) is 2.06. The third kappa shape index (κ3) is 2.12. The maximum Gasteiger partial charge on any atom is 0.0938 e. The Morgan fingerprint density at radius 2 is 1.79 bits per heavy atom. The van der Waals surface area contributed by atoms with E-state index in [0.29, 0.717) is 5.56 Å². The highest BCUT2D eigenvalue weighted by molar-refractivity contribution is 5.14. The molecule has 1 fully saturated rings. The minimum atomic E-state index is -2.31. The van der Waals surface area contributed by atoms with Crippen LogP contribution in [0.5, 0.6) is 0 Å². The molecule has 2 atom stereocenters. The van der Waals surface area contributed by atoms with Crippen LogP contribution in [0.4, 0.5) is 0 Å². The van der Waals surface area contributed by atoms with Crippen molar-refractivity contribution in [2.75, 3.05) is 13.0 Å². The van der Waals surface area contributed by atoms with Crippen molar-refractivity contribution in [3.63, 3.8) is 0 Å². The number of hydrogen-bond acceptors (Lipinski definition) is 3. The van der Waals surface area contributed by atoms with Gasteiger partial charge in [-0.25, -0.2) is 0 Å². The van der Waals surface area contributed by atoms with Gasteiger partial charge in [0.1, 0.15) is 0 Å². The summed E-state index contributed by atoms with van der Waals surface area (Å²) < 4.78 is 30.9. The molecule has 2 rings (SSSR count). The zero-order valence-corrected chi connectivity index (χ0v) is 7.59. The molecule has 0 unspecified atom stereocenters. The van der Waals surface area contributed by atoms with Gasteiger partial charge in [0.15, 0.2) is 0 Å². The molecule has 0 bridgehead atoms. The molecule has 3 nitrogen and oxygen atoms in total. The maximum atomic E-state index is 9.60. The Kier molecular flexibility index (Phi) is 1.71. The van der Waals surface area contributed by atoms with E-state index in [1.807, 2.05) is 0 Å². The lowest BCUT2D eigenvalue weighted by atomic mass is 10.2. The van der Waals surface area contributed by atoms with E-state index in [1.165, 1.54) is 0 Å². The Labute approximate surface area is 89.2 Å². The van der Waals surface area contributed by atoms with E-state index in [-0.39, 0.29) is 6.54 Å². The highest BCUT2D eigenvalue weighted by Gasteiger charge is 2.28. The molecule has 14 heavy (non-hydrogen) atoms. The fraction of sp³-hybridized carbons (Fsp3) is 0.455. The summed E-state index contributed by atoms with van der Waals surface area (Å²) in [5.41, 5.74) is 0.714. The summed E-state index contributed by atoms with van der Waals surface area (Å²) in [4.78, 5) is 0.852. The smallest absolute Gasteiger partial charge is 0.0938 e. The predicted molar refractivity (Wildman–Crippen MR) is 53.7 cm³/mol. The summed E-state index contributed by atoms with van der Waals surface area (Å²) in [6.07, 6.45) is -3.53. The monoisotopic (exact) mass is 197 g/mol. The Morgan fingerprint density at radius 3 is 2.36 bits per heavy atom. The number of aliphatic hydroxyl groups excluding tert-OH is 2. The van der Waals surface area contributed by atoms with Crippen molar-refractivity contribution in [3.05, 3.63) is 35.9 Å². The third-order valence-corrected chi connectivity index (χ3v) is 2.06. The van der Waals surface area contributed by atoms with Crippen LogP contribution in [0, 0.1) is 0 Å². The Hall–Kier alpha value is -0.900. The van der Waals surface area contributed by atoms with Crippen molar-refractivity contribution < 1.29 is 15.7 Å². The number of likely N-dealkylation sites (tertiary alicyclic amines) is 1. The molecule has 1 aromatic carbocycles. The van der Waals surface area contributed by atoms with Gasteiger partial charge >= 0.3 is 0 Å². The van der Waals surface area contributed by atoms with E-state index in [0.717, 1.165) is 4.90 Å². The first-order chi connectivity index (χ1) is 8.28. The zero-order chi connectivity index (χ0) is 13.6. The molecule has 0 aromatic heterocycles.